The molecule has 0 radical (unpaired) electrons. The summed E-state index contributed by atoms with van der Waals surface area (Å²) in [7, 11) is -2.44. The van der Waals surface area contributed by atoms with Crippen LogP contribution in [0.15, 0.2) is 70.3 Å². The van der Waals surface area contributed by atoms with Crippen molar-refractivity contribution in [3.05, 3.63) is 77.4 Å². The first-order valence-electron chi connectivity index (χ1n) is 8.62. The van der Waals surface area contributed by atoms with Gasteiger partial charge >= 0.3 is 0 Å². The summed E-state index contributed by atoms with van der Waals surface area (Å²) in [6.07, 6.45) is 0. The summed E-state index contributed by atoms with van der Waals surface area (Å²) >= 11 is 1.05. The van der Waals surface area contributed by atoms with Gasteiger partial charge in [-0.3, -0.25) is 9.10 Å². The van der Waals surface area contributed by atoms with Crippen LogP contribution in [0.3, 0.4) is 0 Å². The Morgan fingerprint density at radius 1 is 1.10 bits per heavy atom. The standard InChI is InChI=1S/C20H19FN2O4S2/c1-27-18-6-3-2-5-15(18)13-22-19(24)14-23(17-10-8-16(21)9-11-17)29(25,26)20-7-4-12-28-20/h2-12H,13-14H2,1H3,(H,22,24). The molecule has 6 nitrogen and oxygen atoms in total. The lowest BCUT2D eigenvalue weighted by molar-refractivity contribution is -0.119. The smallest absolute Gasteiger partial charge is 0.274 e. The lowest BCUT2D eigenvalue weighted by Crippen LogP contribution is -2.40. The number of carbonyl (C=O) groups excluding carboxylic acids is 1. The molecule has 1 aromatic heterocycles. The zero-order valence-corrected chi connectivity index (χ0v) is 17.2. The molecule has 3 rings (SSSR count). The van der Waals surface area contributed by atoms with Gasteiger partial charge in [0, 0.05) is 12.1 Å². The van der Waals surface area contributed by atoms with Gasteiger partial charge < -0.3 is 10.1 Å². The number of para-hydroxylation sites is 1. The van der Waals surface area contributed by atoms with Crippen LogP contribution >= 0.6 is 11.3 Å². The van der Waals surface area contributed by atoms with E-state index in [0.29, 0.717) is 5.75 Å². The van der Waals surface area contributed by atoms with Gasteiger partial charge in [-0.15, -0.1) is 11.3 Å². The van der Waals surface area contributed by atoms with Crippen molar-refractivity contribution in [2.75, 3.05) is 18.0 Å². The fourth-order valence-electron chi connectivity index (χ4n) is 2.67. The zero-order valence-electron chi connectivity index (χ0n) is 15.5. The van der Waals surface area contributed by atoms with Crippen molar-refractivity contribution in [3.63, 3.8) is 0 Å². The van der Waals surface area contributed by atoms with E-state index in [9.17, 15) is 17.6 Å². The minimum absolute atomic E-state index is 0.0966. The number of sulfonamides is 1. The molecule has 3 aromatic rings. The number of carbonyl (C=O) groups is 1. The third-order valence-electron chi connectivity index (χ3n) is 4.11. The molecule has 9 heteroatoms. The molecule has 0 unspecified atom stereocenters. The second kappa shape index (κ2) is 9.06. The van der Waals surface area contributed by atoms with E-state index in [1.165, 1.54) is 25.3 Å². The van der Waals surface area contributed by atoms with Crippen molar-refractivity contribution in [2.45, 2.75) is 10.8 Å². The summed E-state index contributed by atoms with van der Waals surface area (Å²) < 4.78 is 45.7. The predicted octanol–water partition coefficient (Wildman–Crippen LogP) is 3.41. The molecule has 1 amide bonds. The third-order valence-corrected chi connectivity index (χ3v) is 7.26. The maximum Gasteiger partial charge on any atom is 0.274 e. The summed E-state index contributed by atoms with van der Waals surface area (Å²) in [6, 6.07) is 15.2. The monoisotopic (exact) mass is 434 g/mol. The highest BCUT2D eigenvalue weighted by Crippen LogP contribution is 2.26. The number of hydrogen-bond donors (Lipinski definition) is 1. The SMILES string of the molecule is COc1ccccc1CNC(=O)CN(c1ccc(F)cc1)S(=O)(=O)c1cccs1. The van der Waals surface area contributed by atoms with Crippen molar-refractivity contribution in [2.24, 2.45) is 0 Å². The molecule has 0 fully saturated rings. The predicted molar refractivity (Wildman–Crippen MR) is 110 cm³/mol. The summed E-state index contributed by atoms with van der Waals surface area (Å²) in [5, 5.41) is 4.34. The lowest BCUT2D eigenvalue weighted by Gasteiger charge is -2.23. The van der Waals surface area contributed by atoms with E-state index in [1.807, 2.05) is 12.1 Å². The number of anilines is 1. The summed E-state index contributed by atoms with van der Waals surface area (Å²) in [6.45, 7) is -0.264. The number of nitrogens with one attached hydrogen (secondary N) is 1. The van der Waals surface area contributed by atoms with E-state index < -0.39 is 28.3 Å². The van der Waals surface area contributed by atoms with Crippen molar-refractivity contribution in [1.29, 1.82) is 0 Å². The highest BCUT2D eigenvalue weighted by molar-refractivity contribution is 7.94. The molecule has 0 aliphatic carbocycles. The Hall–Kier alpha value is -2.91. The largest absolute Gasteiger partial charge is 0.496 e. The normalized spacial score (nSPS) is 11.1. The lowest BCUT2D eigenvalue weighted by atomic mass is 10.2. The number of ether oxygens (including phenoxy) is 1. The molecule has 1 heterocycles. The molecule has 0 aliphatic heterocycles. The molecule has 0 saturated heterocycles. The molecule has 2 aromatic carbocycles. The van der Waals surface area contributed by atoms with Crippen LogP contribution in [0.25, 0.3) is 0 Å². The molecule has 152 valence electrons. The molecule has 0 aliphatic rings. The minimum Gasteiger partial charge on any atom is -0.496 e. The zero-order chi connectivity index (χ0) is 20.9. The van der Waals surface area contributed by atoms with Crippen LogP contribution < -0.4 is 14.4 Å². The van der Waals surface area contributed by atoms with E-state index in [0.717, 1.165) is 33.3 Å². The topological polar surface area (TPSA) is 75.7 Å². The van der Waals surface area contributed by atoms with Gasteiger partial charge in [-0.1, -0.05) is 24.3 Å². The van der Waals surface area contributed by atoms with E-state index in [-0.39, 0.29) is 16.4 Å². The number of halogens is 1. The van der Waals surface area contributed by atoms with Crippen LogP contribution in [0.2, 0.25) is 0 Å². The highest BCUT2D eigenvalue weighted by atomic mass is 32.2. The number of hydrogen-bond acceptors (Lipinski definition) is 5. The molecule has 0 atom stereocenters. The van der Waals surface area contributed by atoms with E-state index in [1.54, 1.807) is 23.6 Å². The van der Waals surface area contributed by atoms with E-state index in [4.69, 9.17) is 4.74 Å². The van der Waals surface area contributed by atoms with Crippen molar-refractivity contribution >= 4 is 33.0 Å². The molecule has 1 N–H and O–H groups in total. The first-order chi connectivity index (χ1) is 13.9. The average Bonchev–Trinajstić information content (AvgIpc) is 3.27. The molecule has 29 heavy (non-hydrogen) atoms. The Balaban J connectivity index is 1.81. The van der Waals surface area contributed by atoms with E-state index in [2.05, 4.69) is 5.32 Å². The van der Waals surface area contributed by atoms with Gasteiger partial charge in [0.05, 0.1) is 12.8 Å². The van der Waals surface area contributed by atoms with Crippen LogP contribution in [-0.2, 0) is 21.4 Å². The first-order valence-corrected chi connectivity index (χ1v) is 10.9. The van der Waals surface area contributed by atoms with Gasteiger partial charge in [-0.2, -0.15) is 0 Å². The molecule has 0 saturated carbocycles. The minimum atomic E-state index is -3.97. The summed E-state index contributed by atoms with van der Waals surface area (Å²) in [4.78, 5) is 12.6. The Bertz CT molecular complexity index is 1070. The molecular formula is C20H19FN2O4S2. The van der Waals surface area contributed by atoms with Crippen molar-refractivity contribution in [1.82, 2.24) is 5.32 Å². The van der Waals surface area contributed by atoms with Gasteiger partial charge in [-0.25, -0.2) is 12.8 Å². The van der Waals surface area contributed by atoms with Crippen molar-refractivity contribution < 1.29 is 22.3 Å². The maximum absolute atomic E-state index is 13.3. The van der Waals surface area contributed by atoms with Gasteiger partial charge in [0.1, 0.15) is 22.3 Å². The summed E-state index contributed by atoms with van der Waals surface area (Å²) in [5.74, 6) is -0.377. The number of rotatable bonds is 8. The van der Waals surface area contributed by atoms with Gasteiger partial charge in [0.15, 0.2) is 0 Å². The van der Waals surface area contributed by atoms with Gasteiger partial charge in [0.25, 0.3) is 10.0 Å². The van der Waals surface area contributed by atoms with E-state index >= 15 is 0 Å². The Morgan fingerprint density at radius 3 is 2.48 bits per heavy atom. The first kappa shape index (κ1) is 20.8. The number of nitrogens with zero attached hydrogens (tertiary/aromatic N) is 1. The molecular weight excluding hydrogens is 415 g/mol. The second-order valence-corrected chi connectivity index (χ2v) is 9.05. The third kappa shape index (κ3) is 4.93. The summed E-state index contributed by atoms with van der Waals surface area (Å²) in [5.41, 5.74) is 0.963. The van der Waals surface area contributed by atoms with Crippen LogP contribution in [0.1, 0.15) is 5.56 Å². The Morgan fingerprint density at radius 2 is 1.83 bits per heavy atom. The van der Waals surface area contributed by atoms with Gasteiger partial charge in [0.2, 0.25) is 5.91 Å². The molecule has 0 spiro atoms. The quantitative estimate of drug-likeness (QED) is 0.590. The Kier molecular flexibility index (Phi) is 6.50. The fourth-order valence-corrected chi connectivity index (χ4v) is 5.20. The molecule has 0 bridgehead atoms. The van der Waals surface area contributed by atoms with Crippen LogP contribution in [-0.4, -0.2) is 28.0 Å². The number of thiophene rings is 1. The number of benzene rings is 2. The fraction of sp³-hybridized carbons (Fsp3) is 0.150. The van der Waals surface area contributed by atoms with Crippen LogP contribution in [0.4, 0.5) is 10.1 Å². The number of methoxy groups -OCH3 is 1. The second-order valence-electron chi connectivity index (χ2n) is 6.01. The van der Waals surface area contributed by atoms with Crippen molar-refractivity contribution in [3.8, 4) is 5.75 Å². The van der Waals surface area contributed by atoms with Crippen LogP contribution in [0, 0.1) is 5.82 Å². The van der Waals surface area contributed by atoms with Crippen LogP contribution in [0.5, 0.6) is 5.75 Å². The van der Waals surface area contributed by atoms with Gasteiger partial charge in [-0.05, 0) is 41.8 Å². The number of amides is 1. The highest BCUT2D eigenvalue weighted by Gasteiger charge is 2.28. The Labute approximate surface area is 172 Å². The average molecular weight is 435 g/mol. The maximum atomic E-state index is 13.3.